The molecular formula is C13H21FN2. The highest BCUT2D eigenvalue weighted by Crippen LogP contribution is 2.01. The van der Waals surface area contributed by atoms with Gasteiger partial charge in [-0.05, 0) is 38.5 Å². The monoisotopic (exact) mass is 224 g/mol. The Balaban J connectivity index is 2.14. The van der Waals surface area contributed by atoms with E-state index in [0.717, 1.165) is 25.2 Å². The summed E-state index contributed by atoms with van der Waals surface area (Å²) in [7, 11) is 0. The maximum absolute atomic E-state index is 12.6. The largest absolute Gasteiger partial charge is 0.311 e. The van der Waals surface area contributed by atoms with Crippen LogP contribution >= 0.6 is 0 Å². The van der Waals surface area contributed by atoms with E-state index in [0.29, 0.717) is 0 Å². The molecule has 1 rings (SSSR count). The van der Waals surface area contributed by atoms with E-state index in [4.69, 9.17) is 0 Å². The third-order valence-corrected chi connectivity index (χ3v) is 2.20. The number of halogens is 1. The molecule has 0 unspecified atom stereocenters. The van der Waals surface area contributed by atoms with Crippen molar-refractivity contribution in [3.63, 3.8) is 0 Å². The number of nitrogens with one attached hydrogen (secondary N) is 2. The lowest BCUT2D eigenvalue weighted by Crippen LogP contribution is -2.40. The Bertz CT molecular complexity index is 301. The molecule has 3 heteroatoms. The first-order valence-electron chi connectivity index (χ1n) is 5.67. The number of rotatable bonds is 5. The predicted octanol–water partition coefficient (Wildman–Crippen LogP) is 2.30. The normalized spacial score (nSPS) is 11.8. The van der Waals surface area contributed by atoms with Crippen LogP contribution in [-0.2, 0) is 6.54 Å². The van der Waals surface area contributed by atoms with Crippen LogP contribution in [0.4, 0.5) is 4.39 Å². The van der Waals surface area contributed by atoms with Crippen LogP contribution in [-0.4, -0.2) is 18.6 Å². The van der Waals surface area contributed by atoms with Crippen molar-refractivity contribution in [2.45, 2.75) is 32.9 Å². The zero-order valence-corrected chi connectivity index (χ0v) is 10.3. The summed E-state index contributed by atoms with van der Waals surface area (Å²) in [6.45, 7) is 9.07. The van der Waals surface area contributed by atoms with E-state index in [2.05, 4.69) is 31.4 Å². The fraction of sp³-hybridized carbons (Fsp3) is 0.538. The van der Waals surface area contributed by atoms with E-state index in [-0.39, 0.29) is 11.4 Å². The quantitative estimate of drug-likeness (QED) is 0.750. The second kappa shape index (κ2) is 5.97. The molecule has 0 radical (unpaired) electrons. The van der Waals surface area contributed by atoms with E-state index in [1.807, 2.05) is 0 Å². The van der Waals surface area contributed by atoms with Gasteiger partial charge in [0.15, 0.2) is 0 Å². The summed E-state index contributed by atoms with van der Waals surface area (Å²) in [6, 6.07) is 6.59. The molecule has 90 valence electrons. The molecule has 0 atom stereocenters. The van der Waals surface area contributed by atoms with Gasteiger partial charge < -0.3 is 10.6 Å². The van der Waals surface area contributed by atoms with Crippen LogP contribution in [0.15, 0.2) is 24.3 Å². The first kappa shape index (κ1) is 13.1. The van der Waals surface area contributed by atoms with Gasteiger partial charge in [0.25, 0.3) is 0 Å². The van der Waals surface area contributed by atoms with Crippen molar-refractivity contribution in [1.82, 2.24) is 10.6 Å². The van der Waals surface area contributed by atoms with Crippen molar-refractivity contribution in [2.75, 3.05) is 13.1 Å². The molecule has 0 aliphatic carbocycles. The second-order valence-corrected chi connectivity index (χ2v) is 4.98. The summed E-state index contributed by atoms with van der Waals surface area (Å²) in [4.78, 5) is 0. The fourth-order valence-corrected chi connectivity index (χ4v) is 1.36. The zero-order chi connectivity index (χ0) is 12.0. The predicted molar refractivity (Wildman–Crippen MR) is 65.9 cm³/mol. The molecule has 16 heavy (non-hydrogen) atoms. The number of hydrogen-bond acceptors (Lipinski definition) is 2. The minimum absolute atomic E-state index is 0.164. The zero-order valence-electron chi connectivity index (χ0n) is 10.3. The van der Waals surface area contributed by atoms with Crippen molar-refractivity contribution in [3.8, 4) is 0 Å². The standard InChI is InChI=1S/C13H21FN2/c1-13(2,3)16-9-8-15-10-11-4-6-12(14)7-5-11/h4-7,15-16H,8-10H2,1-3H3. The van der Waals surface area contributed by atoms with Crippen molar-refractivity contribution in [3.05, 3.63) is 35.6 Å². The van der Waals surface area contributed by atoms with E-state index >= 15 is 0 Å². The second-order valence-electron chi connectivity index (χ2n) is 4.98. The molecule has 0 aromatic heterocycles. The summed E-state index contributed by atoms with van der Waals surface area (Å²) in [5.74, 6) is -0.182. The number of hydrogen-bond donors (Lipinski definition) is 2. The minimum atomic E-state index is -0.182. The molecule has 0 aliphatic heterocycles. The first-order chi connectivity index (χ1) is 7.47. The summed E-state index contributed by atoms with van der Waals surface area (Å²) in [5, 5.41) is 6.70. The molecule has 0 saturated carbocycles. The van der Waals surface area contributed by atoms with Crippen molar-refractivity contribution < 1.29 is 4.39 Å². The smallest absolute Gasteiger partial charge is 0.123 e. The van der Waals surface area contributed by atoms with E-state index in [9.17, 15) is 4.39 Å². The molecule has 0 aliphatic rings. The van der Waals surface area contributed by atoms with Gasteiger partial charge in [-0.15, -0.1) is 0 Å². The van der Waals surface area contributed by atoms with Crippen LogP contribution in [0.5, 0.6) is 0 Å². The van der Waals surface area contributed by atoms with Gasteiger partial charge in [0.2, 0.25) is 0 Å². The third-order valence-electron chi connectivity index (χ3n) is 2.20. The topological polar surface area (TPSA) is 24.1 Å². The highest BCUT2D eigenvalue weighted by atomic mass is 19.1. The molecule has 0 spiro atoms. The van der Waals surface area contributed by atoms with Gasteiger partial charge in [0.1, 0.15) is 5.82 Å². The van der Waals surface area contributed by atoms with Crippen LogP contribution < -0.4 is 10.6 Å². The van der Waals surface area contributed by atoms with Crippen molar-refractivity contribution in [1.29, 1.82) is 0 Å². The Morgan fingerprint density at radius 1 is 1.06 bits per heavy atom. The lowest BCUT2D eigenvalue weighted by Gasteiger charge is -2.20. The van der Waals surface area contributed by atoms with E-state index in [1.165, 1.54) is 12.1 Å². The van der Waals surface area contributed by atoms with Gasteiger partial charge in [-0.3, -0.25) is 0 Å². The lowest BCUT2D eigenvalue weighted by atomic mass is 10.1. The van der Waals surface area contributed by atoms with Crippen molar-refractivity contribution >= 4 is 0 Å². The molecule has 2 nitrogen and oxygen atoms in total. The molecule has 0 saturated heterocycles. The summed E-state index contributed by atoms with van der Waals surface area (Å²) < 4.78 is 12.6. The average molecular weight is 224 g/mol. The van der Waals surface area contributed by atoms with E-state index < -0.39 is 0 Å². The maximum Gasteiger partial charge on any atom is 0.123 e. The minimum Gasteiger partial charge on any atom is -0.311 e. The highest BCUT2D eigenvalue weighted by Gasteiger charge is 2.06. The molecule has 1 aromatic carbocycles. The molecule has 0 bridgehead atoms. The van der Waals surface area contributed by atoms with Crippen LogP contribution in [0.2, 0.25) is 0 Å². The molecular weight excluding hydrogens is 203 g/mol. The lowest BCUT2D eigenvalue weighted by molar-refractivity contribution is 0.421. The molecule has 0 heterocycles. The molecule has 1 aromatic rings. The third kappa shape index (κ3) is 5.83. The van der Waals surface area contributed by atoms with Crippen molar-refractivity contribution in [2.24, 2.45) is 0 Å². The van der Waals surface area contributed by atoms with Crippen LogP contribution in [0, 0.1) is 5.82 Å². The Hall–Kier alpha value is -0.930. The Labute approximate surface area is 97.3 Å². The maximum atomic E-state index is 12.6. The summed E-state index contributed by atoms with van der Waals surface area (Å²) in [5.41, 5.74) is 1.27. The van der Waals surface area contributed by atoms with Crippen LogP contribution in [0.3, 0.4) is 0 Å². The van der Waals surface area contributed by atoms with Gasteiger partial charge in [-0.1, -0.05) is 12.1 Å². The number of benzene rings is 1. The molecule has 0 amide bonds. The highest BCUT2D eigenvalue weighted by molar-refractivity contribution is 5.15. The molecule has 2 N–H and O–H groups in total. The van der Waals surface area contributed by atoms with Gasteiger partial charge in [0, 0.05) is 25.2 Å². The fourth-order valence-electron chi connectivity index (χ4n) is 1.36. The van der Waals surface area contributed by atoms with E-state index in [1.54, 1.807) is 12.1 Å². The average Bonchev–Trinajstić information content (AvgIpc) is 2.19. The molecule has 0 fully saturated rings. The van der Waals surface area contributed by atoms with Gasteiger partial charge in [-0.25, -0.2) is 4.39 Å². The van der Waals surface area contributed by atoms with Gasteiger partial charge in [-0.2, -0.15) is 0 Å². The Morgan fingerprint density at radius 2 is 1.69 bits per heavy atom. The van der Waals surface area contributed by atoms with Crippen LogP contribution in [0.1, 0.15) is 26.3 Å². The Kier molecular flexibility index (Phi) is 4.90. The summed E-state index contributed by atoms with van der Waals surface area (Å²) >= 11 is 0. The Morgan fingerprint density at radius 3 is 2.25 bits per heavy atom. The SMILES string of the molecule is CC(C)(C)NCCNCc1ccc(F)cc1. The summed E-state index contributed by atoms with van der Waals surface area (Å²) in [6.07, 6.45) is 0. The van der Waals surface area contributed by atoms with Crippen LogP contribution in [0.25, 0.3) is 0 Å². The van der Waals surface area contributed by atoms with Gasteiger partial charge in [0.05, 0.1) is 0 Å². The first-order valence-corrected chi connectivity index (χ1v) is 5.67. The van der Waals surface area contributed by atoms with Gasteiger partial charge >= 0.3 is 0 Å².